The molecule has 0 saturated carbocycles. The van der Waals surface area contributed by atoms with E-state index in [0.29, 0.717) is 25.8 Å². The van der Waals surface area contributed by atoms with Gasteiger partial charge in [-0.2, -0.15) is 0 Å². The summed E-state index contributed by atoms with van der Waals surface area (Å²) < 4.78 is 0. The largest absolute Gasteiger partial charge is 0.330 e. The van der Waals surface area contributed by atoms with Crippen LogP contribution < -0.4 is 5.32 Å². The monoisotopic (exact) mass is 446 g/mol. The molecule has 4 rings (SSSR count). The van der Waals surface area contributed by atoms with E-state index in [1.54, 1.807) is 12.4 Å². The maximum Gasteiger partial charge on any atom is 0.330 e. The number of carbonyl (C=O) groups is 3. The highest BCUT2D eigenvalue weighted by Crippen LogP contribution is 2.36. The van der Waals surface area contributed by atoms with Crippen molar-refractivity contribution < 1.29 is 14.4 Å². The fraction of sp³-hybridized carbons (Fsp3) is 0.423. The lowest BCUT2D eigenvalue weighted by molar-refractivity contribution is -0.152. The third-order valence-corrected chi connectivity index (χ3v) is 6.66. The highest BCUT2D eigenvalue weighted by Gasteiger charge is 2.53. The molecule has 33 heavy (non-hydrogen) atoms. The molecule has 1 saturated heterocycles. The molecule has 7 nitrogen and oxygen atoms in total. The molecule has 1 fully saturated rings. The zero-order valence-electron chi connectivity index (χ0n) is 18.8. The van der Waals surface area contributed by atoms with E-state index in [9.17, 15) is 14.4 Å². The molecule has 0 spiro atoms. The fourth-order valence-corrected chi connectivity index (χ4v) is 4.66. The molecule has 2 aromatic heterocycles. The Hall–Kier alpha value is -3.35. The number of amides is 4. The first-order chi connectivity index (χ1) is 16.1. The molecule has 0 unspecified atom stereocenters. The van der Waals surface area contributed by atoms with Gasteiger partial charge >= 0.3 is 6.03 Å². The van der Waals surface area contributed by atoms with Crippen LogP contribution in [-0.2, 0) is 22.4 Å². The average molecular weight is 447 g/mol. The second kappa shape index (κ2) is 10.5. The normalized spacial score (nSPS) is 18.1. The number of pyridine rings is 2. The van der Waals surface area contributed by atoms with E-state index >= 15 is 0 Å². The first-order valence-corrected chi connectivity index (χ1v) is 11.7. The van der Waals surface area contributed by atoms with E-state index < -0.39 is 23.3 Å². The van der Waals surface area contributed by atoms with Crippen LogP contribution in [0, 0.1) is 5.41 Å². The van der Waals surface area contributed by atoms with Gasteiger partial charge in [0.15, 0.2) is 0 Å². The van der Waals surface area contributed by atoms with Gasteiger partial charge in [0.25, 0.3) is 0 Å². The summed E-state index contributed by atoms with van der Waals surface area (Å²) in [5.41, 5.74) is 1.58. The SMILES string of the molecule is O=C1NC(=O)C(CCc2ccccn2)(CCc2ccccn2)C(=O)N1CCC1=CCCCC1. The molecule has 1 aliphatic carbocycles. The molecule has 2 aliphatic rings. The Morgan fingerprint density at radius 1 is 0.879 bits per heavy atom. The first-order valence-electron chi connectivity index (χ1n) is 11.7. The lowest BCUT2D eigenvalue weighted by Gasteiger charge is -2.39. The Morgan fingerprint density at radius 2 is 1.55 bits per heavy atom. The van der Waals surface area contributed by atoms with Crippen molar-refractivity contribution in [1.29, 1.82) is 0 Å². The molecule has 1 aliphatic heterocycles. The fourth-order valence-electron chi connectivity index (χ4n) is 4.66. The first kappa shape index (κ1) is 22.8. The van der Waals surface area contributed by atoms with E-state index in [1.807, 2.05) is 36.4 Å². The van der Waals surface area contributed by atoms with Gasteiger partial charge in [-0.15, -0.1) is 0 Å². The average Bonchev–Trinajstić information content (AvgIpc) is 2.85. The molecule has 2 aromatic rings. The summed E-state index contributed by atoms with van der Waals surface area (Å²) in [6.07, 6.45) is 12.2. The number of allylic oxidation sites excluding steroid dienone is 1. The molecule has 3 heterocycles. The van der Waals surface area contributed by atoms with Crippen molar-refractivity contribution in [3.63, 3.8) is 0 Å². The lowest BCUT2D eigenvalue weighted by atomic mass is 9.74. The van der Waals surface area contributed by atoms with Gasteiger partial charge in [-0.1, -0.05) is 23.8 Å². The van der Waals surface area contributed by atoms with E-state index in [4.69, 9.17) is 0 Å². The summed E-state index contributed by atoms with van der Waals surface area (Å²) in [7, 11) is 0. The smallest absolute Gasteiger partial charge is 0.277 e. The number of hydrogen-bond donors (Lipinski definition) is 1. The summed E-state index contributed by atoms with van der Waals surface area (Å²) in [5.74, 6) is -0.919. The van der Waals surface area contributed by atoms with Crippen molar-refractivity contribution in [2.45, 2.75) is 57.8 Å². The number of hydrogen-bond acceptors (Lipinski definition) is 5. The number of urea groups is 1. The highest BCUT2D eigenvalue weighted by atomic mass is 16.2. The standard InChI is InChI=1S/C26H30N4O3/c31-23-26(15-12-21-10-4-6-17-27-21,16-13-22-11-5-7-18-28-22)24(32)30(25(33)29-23)19-14-20-8-2-1-3-9-20/h4-8,10-11,17-18H,1-3,9,12-16,19H2,(H,29,31,33). The number of aryl methyl sites for hydroxylation is 2. The van der Waals surface area contributed by atoms with Crippen molar-refractivity contribution in [3.05, 3.63) is 71.8 Å². The molecule has 0 radical (unpaired) electrons. The minimum atomic E-state index is -1.33. The quantitative estimate of drug-likeness (QED) is 0.464. The topological polar surface area (TPSA) is 92.3 Å². The van der Waals surface area contributed by atoms with Crippen molar-refractivity contribution in [2.24, 2.45) is 5.41 Å². The van der Waals surface area contributed by atoms with E-state index in [0.717, 1.165) is 30.7 Å². The van der Waals surface area contributed by atoms with Crippen molar-refractivity contribution in [2.75, 3.05) is 6.54 Å². The molecule has 1 N–H and O–H groups in total. The van der Waals surface area contributed by atoms with Crippen LogP contribution in [0.5, 0.6) is 0 Å². The van der Waals surface area contributed by atoms with Crippen LogP contribution in [-0.4, -0.2) is 39.3 Å². The molecule has 7 heteroatoms. The number of carbonyl (C=O) groups excluding carboxylic acids is 3. The number of rotatable bonds is 9. The van der Waals surface area contributed by atoms with Gasteiger partial charge in [-0.05, 0) is 82.1 Å². The summed E-state index contributed by atoms with van der Waals surface area (Å²) >= 11 is 0. The zero-order chi connectivity index (χ0) is 23.1. The summed E-state index contributed by atoms with van der Waals surface area (Å²) in [6.45, 7) is 0.290. The predicted octanol–water partition coefficient (Wildman–Crippen LogP) is 4.00. The van der Waals surface area contributed by atoms with E-state index in [-0.39, 0.29) is 12.8 Å². The number of barbiturate groups is 1. The zero-order valence-corrected chi connectivity index (χ0v) is 18.8. The van der Waals surface area contributed by atoms with Gasteiger partial charge in [0.2, 0.25) is 11.8 Å². The molecule has 0 aromatic carbocycles. The van der Waals surface area contributed by atoms with Crippen LogP contribution in [0.2, 0.25) is 0 Å². The van der Waals surface area contributed by atoms with Crippen LogP contribution >= 0.6 is 0 Å². The molecular weight excluding hydrogens is 416 g/mol. The van der Waals surface area contributed by atoms with Gasteiger partial charge in [0.1, 0.15) is 5.41 Å². The predicted molar refractivity (Wildman–Crippen MR) is 124 cm³/mol. The third kappa shape index (κ3) is 5.35. The van der Waals surface area contributed by atoms with Crippen LogP contribution in [0.25, 0.3) is 0 Å². The minimum Gasteiger partial charge on any atom is -0.277 e. The number of imide groups is 2. The van der Waals surface area contributed by atoms with Gasteiger partial charge in [0.05, 0.1) is 0 Å². The maximum atomic E-state index is 13.8. The van der Waals surface area contributed by atoms with Gasteiger partial charge in [0, 0.05) is 30.3 Å². The maximum absolute atomic E-state index is 13.8. The molecule has 4 amide bonds. The molecule has 0 atom stereocenters. The highest BCUT2D eigenvalue weighted by molar-refractivity contribution is 6.19. The minimum absolute atomic E-state index is 0.286. The summed E-state index contributed by atoms with van der Waals surface area (Å²) in [4.78, 5) is 49.6. The van der Waals surface area contributed by atoms with Crippen molar-refractivity contribution in [3.8, 4) is 0 Å². The third-order valence-electron chi connectivity index (χ3n) is 6.66. The number of aromatic nitrogens is 2. The number of nitrogens with one attached hydrogen (secondary N) is 1. The van der Waals surface area contributed by atoms with Gasteiger partial charge in [-0.3, -0.25) is 29.8 Å². The van der Waals surface area contributed by atoms with Crippen LogP contribution in [0.4, 0.5) is 4.79 Å². The Kier molecular flexibility index (Phi) is 7.27. The van der Waals surface area contributed by atoms with Crippen LogP contribution in [0.1, 0.15) is 56.3 Å². The van der Waals surface area contributed by atoms with Gasteiger partial charge < -0.3 is 0 Å². The molecule has 0 bridgehead atoms. The summed E-state index contributed by atoms with van der Waals surface area (Å²) in [6, 6.07) is 10.6. The van der Waals surface area contributed by atoms with Crippen molar-refractivity contribution >= 4 is 17.8 Å². The number of nitrogens with zero attached hydrogens (tertiary/aromatic N) is 3. The Balaban J connectivity index is 1.56. The van der Waals surface area contributed by atoms with Crippen LogP contribution in [0.15, 0.2) is 60.4 Å². The summed E-state index contributed by atoms with van der Waals surface area (Å²) in [5, 5.41) is 2.48. The second-order valence-electron chi connectivity index (χ2n) is 8.80. The molecule has 172 valence electrons. The Bertz CT molecular complexity index is 977. The van der Waals surface area contributed by atoms with E-state index in [1.165, 1.54) is 16.9 Å². The molecular formula is C26H30N4O3. The second-order valence-corrected chi connectivity index (χ2v) is 8.80. The van der Waals surface area contributed by atoms with Crippen LogP contribution in [0.3, 0.4) is 0 Å². The van der Waals surface area contributed by atoms with Crippen molar-refractivity contribution in [1.82, 2.24) is 20.2 Å². The lowest BCUT2D eigenvalue weighted by Crippen LogP contribution is -2.64. The Morgan fingerprint density at radius 3 is 2.09 bits per heavy atom. The Labute approximate surface area is 194 Å². The van der Waals surface area contributed by atoms with E-state index in [2.05, 4.69) is 21.4 Å². The van der Waals surface area contributed by atoms with Gasteiger partial charge in [-0.25, -0.2) is 4.79 Å².